The lowest BCUT2D eigenvalue weighted by atomic mass is 10.1. The van der Waals surface area contributed by atoms with Crippen LogP contribution in [0.3, 0.4) is 0 Å². The first kappa shape index (κ1) is 18.5. The second-order valence-corrected chi connectivity index (χ2v) is 6.88. The summed E-state index contributed by atoms with van der Waals surface area (Å²) in [5.74, 6) is 0.120. The molecule has 0 unspecified atom stereocenters. The quantitative estimate of drug-likeness (QED) is 0.787. The molecule has 2 aromatic rings. The number of halogens is 1. The SMILES string of the molecule is CCC(=O)N1CCc2cc(C(=O)N(CC)Cc3cccc(Cl)c3)ccc21. The van der Waals surface area contributed by atoms with E-state index in [2.05, 4.69) is 0 Å². The molecule has 0 fully saturated rings. The van der Waals surface area contributed by atoms with Crippen LogP contribution in [0.5, 0.6) is 0 Å². The van der Waals surface area contributed by atoms with Gasteiger partial charge in [0.15, 0.2) is 0 Å². The van der Waals surface area contributed by atoms with E-state index < -0.39 is 0 Å². The molecule has 0 spiro atoms. The van der Waals surface area contributed by atoms with Crippen molar-refractivity contribution in [2.24, 2.45) is 0 Å². The molecule has 0 radical (unpaired) electrons. The van der Waals surface area contributed by atoms with Gasteiger partial charge in [-0.3, -0.25) is 9.59 Å². The molecule has 1 aliphatic rings. The predicted octanol–water partition coefficient (Wildman–Crippen LogP) is 4.30. The lowest BCUT2D eigenvalue weighted by molar-refractivity contribution is -0.118. The van der Waals surface area contributed by atoms with Gasteiger partial charge in [0.1, 0.15) is 0 Å². The van der Waals surface area contributed by atoms with Gasteiger partial charge in [-0.25, -0.2) is 0 Å². The van der Waals surface area contributed by atoms with Crippen molar-refractivity contribution in [1.82, 2.24) is 4.90 Å². The van der Waals surface area contributed by atoms with E-state index in [0.717, 1.165) is 23.2 Å². The van der Waals surface area contributed by atoms with Gasteiger partial charge >= 0.3 is 0 Å². The zero-order valence-corrected chi connectivity index (χ0v) is 15.9. The fourth-order valence-electron chi connectivity index (χ4n) is 3.35. The summed E-state index contributed by atoms with van der Waals surface area (Å²) in [6, 6.07) is 13.2. The van der Waals surface area contributed by atoms with Gasteiger partial charge in [0, 0.05) is 42.3 Å². The first-order valence-corrected chi connectivity index (χ1v) is 9.38. The molecule has 2 aromatic carbocycles. The Bertz CT molecular complexity index is 835. The molecule has 0 saturated heterocycles. The van der Waals surface area contributed by atoms with Crippen LogP contribution >= 0.6 is 11.6 Å². The molecule has 2 amide bonds. The van der Waals surface area contributed by atoms with E-state index in [-0.39, 0.29) is 11.8 Å². The van der Waals surface area contributed by atoms with Crippen LogP contribution in [0.25, 0.3) is 0 Å². The summed E-state index contributed by atoms with van der Waals surface area (Å²) in [5.41, 5.74) is 3.68. The van der Waals surface area contributed by atoms with Crippen molar-refractivity contribution in [2.75, 3.05) is 18.0 Å². The third kappa shape index (κ3) is 3.75. The minimum atomic E-state index is -0.00413. The Balaban J connectivity index is 1.80. The zero-order chi connectivity index (χ0) is 18.7. The summed E-state index contributed by atoms with van der Waals surface area (Å²) in [4.78, 5) is 28.6. The fourth-order valence-corrected chi connectivity index (χ4v) is 3.56. The molecule has 136 valence electrons. The Morgan fingerprint density at radius 3 is 2.65 bits per heavy atom. The van der Waals surface area contributed by atoms with E-state index in [0.29, 0.717) is 36.6 Å². The standard InChI is InChI=1S/C21H23ClN2O2/c1-3-20(25)24-11-10-16-13-17(8-9-19(16)24)21(26)23(4-2)14-15-6-5-7-18(22)12-15/h5-9,12-13H,3-4,10-11,14H2,1-2H3. The second kappa shape index (κ2) is 7.92. The van der Waals surface area contributed by atoms with E-state index in [1.54, 1.807) is 4.90 Å². The van der Waals surface area contributed by atoms with Crippen LogP contribution in [-0.4, -0.2) is 29.8 Å². The van der Waals surface area contributed by atoms with Crippen LogP contribution in [0.2, 0.25) is 5.02 Å². The third-order valence-corrected chi connectivity index (χ3v) is 4.99. The number of carbonyl (C=O) groups is 2. The van der Waals surface area contributed by atoms with Crippen molar-refractivity contribution in [2.45, 2.75) is 33.2 Å². The number of anilines is 1. The summed E-state index contributed by atoms with van der Waals surface area (Å²) in [6.45, 7) is 5.67. The molecule has 0 atom stereocenters. The number of amides is 2. The molecule has 4 nitrogen and oxygen atoms in total. The lowest BCUT2D eigenvalue weighted by Gasteiger charge is -2.22. The lowest BCUT2D eigenvalue weighted by Crippen LogP contribution is -2.30. The molecule has 0 saturated carbocycles. The van der Waals surface area contributed by atoms with Crippen LogP contribution in [-0.2, 0) is 17.8 Å². The number of benzene rings is 2. The number of rotatable bonds is 5. The maximum atomic E-state index is 12.9. The number of hydrogen-bond donors (Lipinski definition) is 0. The molecule has 1 aliphatic heterocycles. The highest BCUT2D eigenvalue weighted by molar-refractivity contribution is 6.30. The van der Waals surface area contributed by atoms with Gasteiger partial charge in [0.05, 0.1) is 0 Å². The Labute approximate surface area is 159 Å². The molecule has 0 N–H and O–H groups in total. The fraction of sp³-hybridized carbons (Fsp3) is 0.333. The summed E-state index contributed by atoms with van der Waals surface area (Å²) in [6.07, 6.45) is 1.28. The Morgan fingerprint density at radius 2 is 1.96 bits per heavy atom. The minimum Gasteiger partial charge on any atom is -0.335 e. The maximum absolute atomic E-state index is 12.9. The largest absolute Gasteiger partial charge is 0.335 e. The smallest absolute Gasteiger partial charge is 0.254 e. The van der Waals surface area contributed by atoms with Crippen molar-refractivity contribution in [1.29, 1.82) is 0 Å². The number of nitrogens with zero attached hydrogens (tertiary/aromatic N) is 2. The van der Waals surface area contributed by atoms with Gasteiger partial charge in [-0.15, -0.1) is 0 Å². The first-order chi connectivity index (χ1) is 12.5. The Kier molecular flexibility index (Phi) is 5.62. The van der Waals surface area contributed by atoms with E-state index in [1.807, 2.05) is 61.2 Å². The second-order valence-electron chi connectivity index (χ2n) is 6.44. The molecule has 0 aliphatic carbocycles. The van der Waals surface area contributed by atoms with Crippen LogP contribution in [0.1, 0.15) is 41.8 Å². The van der Waals surface area contributed by atoms with Crippen molar-refractivity contribution < 1.29 is 9.59 Å². The van der Waals surface area contributed by atoms with E-state index in [1.165, 1.54) is 0 Å². The molecular weight excluding hydrogens is 348 g/mol. The number of fused-ring (bicyclic) bond motifs is 1. The number of hydrogen-bond acceptors (Lipinski definition) is 2. The van der Waals surface area contributed by atoms with Gasteiger partial charge in [0.2, 0.25) is 5.91 Å². The highest BCUT2D eigenvalue weighted by Crippen LogP contribution is 2.30. The molecule has 1 heterocycles. The topological polar surface area (TPSA) is 40.6 Å². The van der Waals surface area contributed by atoms with Gasteiger partial charge < -0.3 is 9.80 Å². The normalized spacial score (nSPS) is 12.8. The van der Waals surface area contributed by atoms with Gasteiger partial charge in [0.25, 0.3) is 5.91 Å². The summed E-state index contributed by atoms with van der Waals surface area (Å²) in [7, 11) is 0. The average molecular weight is 371 g/mol. The van der Waals surface area contributed by atoms with Crippen molar-refractivity contribution in [3.63, 3.8) is 0 Å². The first-order valence-electron chi connectivity index (χ1n) is 9.00. The Hall–Kier alpha value is -2.33. The van der Waals surface area contributed by atoms with E-state index in [9.17, 15) is 9.59 Å². The number of carbonyl (C=O) groups excluding carboxylic acids is 2. The third-order valence-electron chi connectivity index (χ3n) is 4.76. The maximum Gasteiger partial charge on any atom is 0.254 e. The van der Waals surface area contributed by atoms with E-state index in [4.69, 9.17) is 11.6 Å². The summed E-state index contributed by atoms with van der Waals surface area (Å²) < 4.78 is 0. The van der Waals surface area contributed by atoms with E-state index >= 15 is 0 Å². The molecule has 0 aromatic heterocycles. The van der Waals surface area contributed by atoms with Gasteiger partial charge in [-0.1, -0.05) is 30.7 Å². The van der Waals surface area contributed by atoms with Gasteiger partial charge in [-0.2, -0.15) is 0 Å². The van der Waals surface area contributed by atoms with Crippen molar-refractivity contribution >= 4 is 29.1 Å². The molecule has 0 bridgehead atoms. The van der Waals surface area contributed by atoms with Gasteiger partial charge in [-0.05, 0) is 54.8 Å². The van der Waals surface area contributed by atoms with Crippen LogP contribution in [0.15, 0.2) is 42.5 Å². The van der Waals surface area contributed by atoms with Crippen molar-refractivity contribution in [3.05, 3.63) is 64.2 Å². The summed E-state index contributed by atoms with van der Waals surface area (Å²) >= 11 is 6.05. The Morgan fingerprint density at radius 1 is 1.15 bits per heavy atom. The zero-order valence-electron chi connectivity index (χ0n) is 15.2. The highest BCUT2D eigenvalue weighted by atomic mass is 35.5. The molecule has 26 heavy (non-hydrogen) atoms. The average Bonchev–Trinajstić information content (AvgIpc) is 3.08. The molecule has 3 rings (SSSR count). The minimum absolute atomic E-state index is 0.00413. The van der Waals surface area contributed by atoms with Crippen LogP contribution in [0, 0.1) is 0 Å². The highest BCUT2D eigenvalue weighted by Gasteiger charge is 2.25. The molecular formula is C21H23ClN2O2. The van der Waals surface area contributed by atoms with Crippen LogP contribution in [0.4, 0.5) is 5.69 Å². The summed E-state index contributed by atoms with van der Waals surface area (Å²) in [5, 5.41) is 0.671. The van der Waals surface area contributed by atoms with Crippen LogP contribution < -0.4 is 4.90 Å². The predicted molar refractivity (Wildman–Crippen MR) is 105 cm³/mol. The molecule has 5 heteroatoms. The van der Waals surface area contributed by atoms with Crippen molar-refractivity contribution in [3.8, 4) is 0 Å². The monoisotopic (exact) mass is 370 g/mol.